The van der Waals surface area contributed by atoms with Crippen LogP contribution in [0.4, 0.5) is 0 Å². The maximum absolute atomic E-state index is 12.0. The average molecular weight is 325 g/mol. The molecule has 0 aliphatic carbocycles. The standard InChI is InChI=1S/C14H13ClN2O3S/c1-21(19,20)13-8-11(2-3-12(13)15)14(18)17-9-10-4-6-16-7-5-10/h2-8H,9H2,1H3,(H,17,18). The lowest BCUT2D eigenvalue weighted by Crippen LogP contribution is -2.23. The van der Waals surface area contributed by atoms with E-state index in [0.29, 0.717) is 6.54 Å². The molecule has 0 aliphatic heterocycles. The minimum Gasteiger partial charge on any atom is -0.348 e. The molecule has 0 fully saturated rings. The predicted octanol–water partition coefficient (Wildman–Crippen LogP) is 2.07. The third-order valence-corrected chi connectivity index (χ3v) is 4.37. The Morgan fingerprint density at radius 1 is 1.24 bits per heavy atom. The molecule has 7 heteroatoms. The summed E-state index contributed by atoms with van der Waals surface area (Å²) < 4.78 is 23.2. The summed E-state index contributed by atoms with van der Waals surface area (Å²) >= 11 is 5.84. The van der Waals surface area contributed by atoms with E-state index in [1.165, 1.54) is 18.2 Å². The third kappa shape index (κ3) is 4.03. The van der Waals surface area contributed by atoms with Gasteiger partial charge in [-0.1, -0.05) is 11.6 Å². The lowest BCUT2D eigenvalue weighted by molar-refractivity contribution is 0.0950. The van der Waals surface area contributed by atoms with Gasteiger partial charge in [-0.15, -0.1) is 0 Å². The molecule has 2 rings (SSSR count). The van der Waals surface area contributed by atoms with Gasteiger partial charge in [0.15, 0.2) is 9.84 Å². The molecule has 0 radical (unpaired) electrons. The molecule has 1 aromatic heterocycles. The Hall–Kier alpha value is -1.92. The van der Waals surface area contributed by atoms with Gasteiger partial charge in [-0.25, -0.2) is 8.42 Å². The van der Waals surface area contributed by atoms with E-state index < -0.39 is 9.84 Å². The van der Waals surface area contributed by atoms with E-state index >= 15 is 0 Å². The van der Waals surface area contributed by atoms with E-state index in [-0.39, 0.29) is 21.4 Å². The molecule has 1 N–H and O–H groups in total. The first kappa shape index (κ1) is 15.5. The zero-order valence-corrected chi connectivity index (χ0v) is 12.8. The third-order valence-electron chi connectivity index (χ3n) is 2.80. The van der Waals surface area contributed by atoms with Crippen molar-refractivity contribution in [3.63, 3.8) is 0 Å². The molecule has 0 unspecified atom stereocenters. The lowest BCUT2D eigenvalue weighted by atomic mass is 10.2. The predicted molar refractivity (Wildman–Crippen MR) is 80.0 cm³/mol. The largest absolute Gasteiger partial charge is 0.348 e. The van der Waals surface area contributed by atoms with Crippen molar-refractivity contribution in [2.75, 3.05) is 6.26 Å². The van der Waals surface area contributed by atoms with Crippen LogP contribution in [0.5, 0.6) is 0 Å². The van der Waals surface area contributed by atoms with Gasteiger partial charge in [0.2, 0.25) is 0 Å². The molecule has 0 saturated carbocycles. The van der Waals surface area contributed by atoms with Crippen LogP contribution in [0.1, 0.15) is 15.9 Å². The molecule has 0 atom stereocenters. The maximum Gasteiger partial charge on any atom is 0.251 e. The second-order valence-electron chi connectivity index (χ2n) is 4.46. The molecule has 1 amide bonds. The first-order valence-corrected chi connectivity index (χ1v) is 8.31. The summed E-state index contributed by atoms with van der Waals surface area (Å²) in [6, 6.07) is 7.73. The number of rotatable bonds is 4. The number of nitrogens with one attached hydrogen (secondary N) is 1. The fraction of sp³-hybridized carbons (Fsp3) is 0.143. The van der Waals surface area contributed by atoms with Crippen molar-refractivity contribution >= 4 is 27.3 Å². The van der Waals surface area contributed by atoms with Crippen molar-refractivity contribution in [3.8, 4) is 0 Å². The first-order chi connectivity index (χ1) is 9.88. The summed E-state index contributed by atoms with van der Waals surface area (Å²) in [5, 5.41) is 2.81. The smallest absolute Gasteiger partial charge is 0.251 e. The monoisotopic (exact) mass is 324 g/mol. The van der Waals surface area contributed by atoms with Gasteiger partial charge in [-0.2, -0.15) is 0 Å². The molecule has 0 spiro atoms. The highest BCUT2D eigenvalue weighted by Crippen LogP contribution is 2.22. The highest BCUT2D eigenvalue weighted by Gasteiger charge is 2.15. The Kier molecular flexibility index (Phi) is 4.59. The molecular weight excluding hydrogens is 312 g/mol. The van der Waals surface area contributed by atoms with E-state index in [2.05, 4.69) is 10.3 Å². The van der Waals surface area contributed by atoms with Gasteiger partial charge in [0.05, 0.1) is 9.92 Å². The molecule has 5 nitrogen and oxygen atoms in total. The van der Waals surface area contributed by atoms with Crippen LogP contribution in [-0.4, -0.2) is 25.6 Å². The van der Waals surface area contributed by atoms with Crippen LogP contribution in [0.3, 0.4) is 0 Å². The zero-order chi connectivity index (χ0) is 15.5. The van der Waals surface area contributed by atoms with Crippen LogP contribution in [0, 0.1) is 0 Å². The molecule has 21 heavy (non-hydrogen) atoms. The topological polar surface area (TPSA) is 76.1 Å². The molecule has 0 bridgehead atoms. The Morgan fingerprint density at radius 2 is 1.90 bits per heavy atom. The van der Waals surface area contributed by atoms with Crippen molar-refractivity contribution < 1.29 is 13.2 Å². The minimum atomic E-state index is -3.48. The van der Waals surface area contributed by atoms with Crippen molar-refractivity contribution in [1.82, 2.24) is 10.3 Å². The zero-order valence-electron chi connectivity index (χ0n) is 11.2. The molecule has 0 aliphatic rings. The quantitative estimate of drug-likeness (QED) is 0.934. The fourth-order valence-corrected chi connectivity index (χ4v) is 3.02. The van der Waals surface area contributed by atoms with Gasteiger partial charge in [-0.05, 0) is 35.9 Å². The van der Waals surface area contributed by atoms with Gasteiger partial charge in [0.25, 0.3) is 5.91 Å². The number of benzene rings is 1. The number of hydrogen-bond donors (Lipinski definition) is 1. The fourth-order valence-electron chi connectivity index (χ4n) is 1.71. The van der Waals surface area contributed by atoms with E-state index in [4.69, 9.17) is 11.6 Å². The Bertz CT molecular complexity index is 761. The second kappa shape index (κ2) is 6.24. The first-order valence-electron chi connectivity index (χ1n) is 6.04. The van der Waals surface area contributed by atoms with Crippen LogP contribution < -0.4 is 5.32 Å². The van der Waals surface area contributed by atoms with Crippen molar-refractivity contribution in [2.45, 2.75) is 11.4 Å². The summed E-state index contributed by atoms with van der Waals surface area (Å²) in [5.41, 5.74) is 1.14. The number of hydrogen-bond acceptors (Lipinski definition) is 4. The molecule has 2 aromatic rings. The second-order valence-corrected chi connectivity index (χ2v) is 6.85. The number of aromatic nitrogens is 1. The van der Waals surface area contributed by atoms with Crippen LogP contribution in [0.25, 0.3) is 0 Å². The number of carbonyl (C=O) groups excluding carboxylic acids is 1. The van der Waals surface area contributed by atoms with Crippen LogP contribution >= 0.6 is 11.6 Å². The number of carbonyl (C=O) groups is 1. The lowest BCUT2D eigenvalue weighted by Gasteiger charge is -2.07. The van der Waals surface area contributed by atoms with Gasteiger partial charge >= 0.3 is 0 Å². The van der Waals surface area contributed by atoms with Gasteiger partial charge < -0.3 is 5.32 Å². The maximum atomic E-state index is 12.0. The van der Waals surface area contributed by atoms with Crippen LogP contribution in [0.2, 0.25) is 5.02 Å². The molecule has 1 heterocycles. The van der Waals surface area contributed by atoms with Crippen LogP contribution in [0.15, 0.2) is 47.6 Å². The number of nitrogens with zero attached hydrogens (tertiary/aromatic N) is 1. The SMILES string of the molecule is CS(=O)(=O)c1cc(C(=O)NCc2ccncc2)ccc1Cl. The van der Waals surface area contributed by atoms with Crippen molar-refractivity contribution in [1.29, 1.82) is 0 Å². The molecule has 1 aromatic carbocycles. The van der Waals surface area contributed by atoms with E-state index in [9.17, 15) is 13.2 Å². The van der Waals surface area contributed by atoms with Gasteiger partial charge in [0, 0.05) is 30.8 Å². The normalized spacial score (nSPS) is 11.1. The number of pyridine rings is 1. The summed E-state index contributed by atoms with van der Waals surface area (Å²) in [7, 11) is -3.48. The Labute approximate surface area is 127 Å². The highest BCUT2D eigenvalue weighted by molar-refractivity contribution is 7.90. The van der Waals surface area contributed by atoms with E-state index in [1.54, 1.807) is 24.5 Å². The van der Waals surface area contributed by atoms with Crippen molar-refractivity contribution in [2.24, 2.45) is 0 Å². The van der Waals surface area contributed by atoms with Crippen LogP contribution in [-0.2, 0) is 16.4 Å². The average Bonchev–Trinajstić information content (AvgIpc) is 2.45. The number of sulfone groups is 1. The number of halogens is 1. The van der Waals surface area contributed by atoms with E-state index in [1.807, 2.05) is 0 Å². The van der Waals surface area contributed by atoms with E-state index in [0.717, 1.165) is 11.8 Å². The number of amides is 1. The summed E-state index contributed by atoms with van der Waals surface area (Å²) in [6.07, 6.45) is 4.31. The van der Waals surface area contributed by atoms with Crippen molar-refractivity contribution in [3.05, 3.63) is 58.9 Å². The summed E-state index contributed by atoms with van der Waals surface area (Å²) in [4.78, 5) is 15.9. The minimum absolute atomic E-state index is 0.0549. The molecular formula is C14H13ClN2O3S. The summed E-state index contributed by atoms with van der Waals surface area (Å²) in [5.74, 6) is -0.367. The highest BCUT2D eigenvalue weighted by atomic mass is 35.5. The molecule has 110 valence electrons. The van der Waals surface area contributed by atoms with Gasteiger partial charge in [0.1, 0.15) is 0 Å². The molecule has 0 saturated heterocycles. The van der Waals surface area contributed by atoms with Gasteiger partial charge in [-0.3, -0.25) is 9.78 Å². The summed E-state index contributed by atoms with van der Waals surface area (Å²) in [6.45, 7) is 0.332. The Morgan fingerprint density at radius 3 is 2.52 bits per heavy atom. The Balaban J connectivity index is 2.17.